The number of allylic oxidation sites excluding steroid dienone is 20. The fourth-order valence-corrected chi connectivity index (χ4v) is 11.5. The lowest BCUT2D eigenvalue weighted by Gasteiger charge is -2.25. The van der Waals surface area contributed by atoms with Crippen molar-refractivity contribution in [3.05, 3.63) is 122 Å². The van der Waals surface area contributed by atoms with Crippen LogP contribution in [0.5, 0.6) is 0 Å². The molecule has 0 fully saturated rings. The first-order valence-corrected chi connectivity index (χ1v) is 40.7. The minimum absolute atomic E-state index is 0.184. The highest BCUT2D eigenvalue weighted by Gasteiger charge is 2.25. The summed E-state index contributed by atoms with van der Waals surface area (Å²) in [7, 11) is 5.99. The number of likely N-dealkylation sites (N-methyl/N-ethyl adjacent to an activating group) is 1. The third kappa shape index (κ3) is 78.9. The molecule has 2 unspecified atom stereocenters. The van der Waals surface area contributed by atoms with Gasteiger partial charge in [-0.1, -0.05) is 360 Å². The van der Waals surface area contributed by atoms with E-state index in [0.717, 1.165) is 103 Å². The molecule has 0 aromatic heterocycles. The lowest BCUT2D eigenvalue weighted by molar-refractivity contribution is -0.870. The molecule has 0 spiro atoms. The van der Waals surface area contributed by atoms with Gasteiger partial charge in [-0.15, -0.1) is 0 Å². The first-order chi connectivity index (χ1) is 47.6. The van der Waals surface area contributed by atoms with Crippen molar-refractivity contribution in [1.82, 2.24) is 0 Å². The van der Waals surface area contributed by atoms with Crippen molar-refractivity contribution in [2.45, 2.75) is 373 Å². The number of carboxylic acids is 1. The number of esters is 2. The topological polar surface area (TPSA) is 108 Å². The zero-order valence-electron chi connectivity index (χ0n) is 64.0. The molecule has 9 heteroatoms. The van der Waals surface area contributed by atoms with Crippen LogP contribution in [0.15, 0.2) is 122 Å². The van der Waals surface area contributed by atoms with Gasteiger partial charge in [0.1, 0.15) is 13.2 Å². The summed E-state index contributed by atoms with van der Waals surface area (Å²) in [6.45, 7) is 4.78. The Morgan fingerprint density at radius 1 is 0.320 bits per heavy atom. The van der Waals surface area contributed by atoms with E-state index in [2.05, 4.69) is 135 Å². The number of nitrogens with zero attached hydrogens (tertiary/aromatic N) is 1. The van der Waals surface area contributed by atoms with E-state index in [1.807, 2.05) is 21.1 Å². The Balaban J connectivity index is 4.02. The molecule has 0 radical (unpaired) electrons. The van der Waals surface area contributed by atoms with E-state index >= 15 is 0 Å². The van der Waals surface area contributed by atoms with Crippen molar-refractivity contribution in [1.29, 1.82) is 0 Å². The van der Waals surface area contributed by atoms with Gasteiger partial charge in [0.2, 0.25) is 0 Å². The Hall–Kier alpha value is -4.31. The minimum Gasteiger partial charge on any atom is -0.477 e. The van der Waals surface area contributed by atoms with Crippen molar-refractivity contribution < 1.29 is 42.9 Å². The minimum atomic E-state index is -1.52. The number of unbranched alkanes of at least 4 members (excludes halogenated alkanes) is 40. The van der Waals surface area contributed by atoms with E-state index in [4.69, 9.17) is 18.9 Å². The van der Waals surface area contributed by atoms with Crippen molar-refractivity contribution >= 4 is 17.9 Å². The van der Waals surface area contributed by atoms with E-state index in [0.29, 0.717) is 23.9 Å². The molecule has 0 aliphatic carbocycles. The third-order valence-corrected chi connectivity index (χ3v) is 17.7. The molecule has 0 aromatic rings. The molecule has 1 N–H and O–H groups in total. The van der Waals surface area contributed by atoms with Gasteiger partial charge in [0.25, 0.3) is 6.29 Å². The van der Waals surface area contributed by atoms with Gasteiger partial charge in [-0.05, 0) is 109 Å². The first-order valence-electron chi connectivity index (χ1n) is 40.7. The molecule has 0 saturated carbocycles. The summed E-state index contributed by atoms with van der Waals surface area (Å²) in [5, 5.41) is 9.78. The summed E-state index contributed by atoms with van der Waals surface area (Å²) in [6, 6.07) is 0. The summed E-state index contributed by atoms with van der Waals surface area (Å²) in [4.78, 5) is 37.8. The van der Waals surface area contributed by atoms with Crippen molar-refractivity contribution in [2.24, 2.45) is 0 Å². The highest BCUT2D eigenvalue weighted by atomic mass is 16.7. The average molecular weight is 1350 g/mol. The largest absolute Gasteiger partial charge is 0.477 e. The highest BCUT2D eigenvalue weighted by Crippen LogP contribution is 2.19. The molecular weight excluding hydrogens is 1200 g/mol. The Bertz CT molecular complexity index is 2020. The Labute approximate surface area is 599 Å². The van der Waals surface area contributed by atoms with Gasteiger partial charge in [-0.3, -0.25) is 9.59 Å². The number of hydrogen-bond donors (Lipinski definition) is 1. The second kappa shape index (κ2) is 77.4. The Kier molecular flexibility index (Phi) is 74.0. The standard InChI is InChI=1S/C88H153NO8/c1-6-8-10-12-14-16-18-20-22-24-26-28-30-32-34-36-38-40-41-42-43-44-45-47-48-50-52-54-56-58-60-62-64-66-68-70-72-74-76-78-85(90)95-82-84(83-96-88(87(92)93)94-81-80-89(3,4)5)97-86(91)79-77-75-73-71-69-67-65-63-61-59-57-55-53-51-49-46-39-37-35-33-31-29-27-25-23-21-19-17-15-13-11-9-7-2/h9,11,15,17-18,20-21,23-24,26-27,29-30,32-33,35,39,46,51,53,84,88H,6-8,10,12-14,16,19,22,25,28,31,34,36-38,40-45,47-50,52,54-83H2,1-5H3/p+1/b11-9-,17-15-,20-18-,23-21-,26-24-,29-27-,32-30-,35-33-,46-39-,53-51-. The second-order valence-corrected chi connectivity index (χ2v) is 28.3. The van der Waals surface area contributed by atoms with E-state index in [-0.39, 0.29) is 32.2 Å². The quantitative estimate of drug-likeness (QED) is 0.0211. The summed E-state index contributed by atoms with van der Waals surface area (Å²) >= 11 is 0. The predicted octanol–water partition coefficient (Wildman–Crippen LogP) is 26.3. The number of carbonyl (C=O) groups excluding carboxylic acids is 2. The maximum atomic E-state index is 13.0. The Morgan fingerprint density at radius 3 is 0.876 bits per heavy atom. The number of carbonyl (C=O) groups is 3. The Morgan fingerprint density at radius 2 is 0.588 bits per heavy atom. The number of carboxylic acid groups (broad SMARTS) is 1. The van der Waals surface area contributed by atoms with Gasteiger partial charge in [0.15, 0.2) is 6.10 Å². The fourth-order valence-electron chi connectivity index (χ4n) is 11.5. The third-order valence-electron chi connectivity index (χ3n) is 17.7. The lowest BCUT2D eigenvalue weighted by Crippen LogP contribution is -2.40. The molecule has 97 heavy (non-hydrogen) atoms. The van der Waals surface area contributed by atoms with Gasteiger partial charge < -0.3 is 28.5 Å². The summed E-state index contributed by atoms with van der Waals surface area (Å²) in [6.07, 6.45) is 108. The van der Waals surface area contributed by atoms with Crippen LogP contribution in [0.1, 0.15) is 361 Å². The second-order valence-electron chi connectivity index (χ2n) is 28.3. The van der Waals surface area contributed by atoms with E-state index in [9.17, 15) is 19.5 Å². The number of quaternary nitrogens is 1. The summed E-state index contributed by atoms with van der Waals surface area (Å²) in [5.74, 6) is -2.00. The van der Waals surface area contributed by atoms with Gasteiger partial charge in [-0.25, -0.2) is 4.79 Å². The van der Waals surface area contributed by atoms with E-state index in [1.165, 1.54) is 225 Å². The molecule has 0 heterocycles. The van der Waals surface area contributed by atoms with Crippen molar-refractivity contribution in [3.63, 3.8) is 0 Å². The lowest BCUT2D eigenvalue weighted by atomic mass is 10.0. The van der Waals surface area contributed by atoms with Crippen molar-refractivity contribution in [2.75, 3.05) is 47.5 Å². The maximum absolute atomic E-state index is 13.0. The number of rotatable bonds is 75. The van der Waals surface area contributed by atoms with Crippen molar-refractivity contribution in [3.8, 4) is 0 Å². The smallest absolute Gasteiger partial charge is 0.361 e. The zero-order valence-corrected chi connectivity index (χ0v) is 64.0. The SMILES string of the molecule is CC/C=C\C/C=C\C/C=C\C/C=C\C/C=C\C/C=C\C/C=C\CCCCCCCCCCCCCC(=O)OC(COC(=O)CCCCCCCCCCCCCCCCCCCCCCCCCC/C=C\C/C=C\C/C=C\CCCCCCC)COC(OCC[N+](C)(C)C)C(=O)O. The van der Waals surface area contributed by atoms with Crippen LogP contribution in [0.25, 0.3) is 0 Å². The van der Waals surface area contributed by atoms with Crippen LogP contribution in [-0.2, 0) is 33.3 Å². The van der Waals surface area contributed by atoms with Gasteiger partial charge in [0, 0.05) is 12.8 Å². The molecule has 558 valence electrons. The molecule has 0 amide bonds. The molecule has 2 atom stereocenters. The molecule has 0 bridgehead atoms. The van der Waals surface area contributed by atoms with E-state index < -0.39 is 24.3 Å². The molecule has 0 aliphatic rings. The molecule has 0 aliphatic heterocycles. The van der Waals surface area contributed by atoms with Crippen LogP contribution in [0.2, 0.25) is 0 Å². The monoisotopic (exact) mass is 1350 g/mol. The van der Waals surface area contributed by atoms with Crippen LogP contribution in [0.3, 0.4) is 0 Å². The van der Waals surface area contributed by atoms with Gasteiger partial charge in [-0.2, -0.15) is 0 Å². The fraction of sp³-hybridized carbons (Fsp3) is 0.739. The molecule has 0 saturated heterocycles. The normalized spacial score (nSPS) is 13.3. The average Bonchev–Trinajstić information content (AvgIpc) is 2.59. The maximum Gasteiger partial charge on any atom is 0.361 e. The predicted molar refractivity (Wildman–Crippen MR) is 419 cm³/mol. The zero-order chi connectivity index (χ0) is 70.4. The van der Waals surface area contributed by atoms with Crippen LogP contribution in [0.4, 0.5) is 0 Å². The van der Waals surface area contributed by atoms with Crippen LogP contribution in [-0.4, -0.2) is 87.4 Å². The van der Waals surface area contributed by atoms with Crippen LogP contribution in [0, 0.1) is 0 Å². The molecule has 0 aromatic carbocycles. The molecule has 9 nitrogen and oxygen atoms in total. The number of hydrogen-bond acceptors (Lipinski definition) is 7. The highest BCUT2D eigenvalue weighted by molar-refractivity contribution is 5.71. The van der Waals surface area contributed by atoms with Gasteiger partial charge >= 0.3 is 17.9 Å². The van der Waals surface area contributed by atoms with Crippen LogP contribution < -0.4 is 0 Å². The summed E-state index contributed by atoms with van der Waals surface area (Å²) < 4.78 is 23.1. The van der Waals surface area contributed by atoms with E-state index in [1.54, 1.807) is 0 Å². The number of aliphatic carboxylic acids is 1. The van der Waals surface area contributed by atoms with Gasteiger partial charge in [0.05, 0.1) is 34.4 Å². The van der Waals surface area contributed by atoms with Crippen LogP contribution >= 0.6 is 0 Å². The summed E-state index contributed by atoms with van der Waals surface area (Å²) in [5.41, 5.74) is 0. The number of ether oxygens (including phenoxy) is 4. The first kappa shape index (κ1) is 92.7. The molecular formula is C88H154NO8+. The molecule has 0 rings (SSSR count).